The summed E-state index contributed by atoms with van der Waals surface area (Å²) in [4.78, 5) is 20.4. The van der Waals surface area contributed by atoms with Crippen molar-refractivity contribution in [1.29, 1.82) is 0 Å². The van der Waals surface area contributed by atoms with Crippen LogP contribution in [0.15, 0.2) is 65.1 Å². The lowest BCUT2D eigenvalue weighted by atomic mass is 9.97. The molecule has 2 fully saturated rings. The molecule has 2 atom stereocenters. The number of likely N-dealkylation sites (tertiary alicyclic amines) is 1. The Balaban J connectivity index is 1.15. The van der Waals surface area contributed by atoms with Crippen LogP contribution in [-0.2, 0) is 6.42 Å². The van der Waals surface area contributed by atoms with Crippen molar-refractivity contribution in [1.82, 2.24) is 14.7 Å². The zero-order valence-corrected chi connectivity index (χ0v) is 27.6. The molecule has 2 saturated heterocycles. The van der Waals surface area contributed by atoms with Crippen molar-refractivity contribution >= 4 is 21.8 Å². The number of halogens is 1. The van der Waals surface area contributed by atoms with Crippen LogP contribution in [0.3, 0.4) is 0 Å². The van der Waals surface area contributed by atoms with Crippen molar-refractivity contribution in [2.24, 2.45) is 0 Å². The Morgan fingerprint density at radius 3 is 2.21 bits per heavy atom. The van der Waals surface area contributed by atoms with Gasteiger partial charge in [-0.15, -0.1) is 0 Å². The molecular formula is C35H44BrN3O4. The number of nitrogens with zero attached hydrogens (tertiary/aromatic N) is 3. The zero-order valence-electron chi connectivity index (χ0n) is 26.0. The van der Waals surface area contributed by atoms with Crippen LogP contribution in [0.25, 0.3) is 0 Å². The molecule has 5 rings (SSSR count). The smallest absolute Gasteiger partial charge is 0.254 e. The van der Waals surface area contributed by atoms with E-state index in [0.717, 1.165) is 67.6 Å². The number of rotatable bonds is 9. The molecule has 43 heavy (non-hydrogen) atoms. The lowest BCUT2D eigenvalue weighted by Gasteiger charge is -2.47. The first-order valence-corrected chi connectivity index (χ1v) is 16.0. The van der Waals surface area contributed by atoms with E-state index in [1.54, 1.807) is 21.3 Å². The highest BCUT2D eigenvalue weighted by Crippen LogP contribution is 2.40. The maximum absolute atomic E-state index is 13.1. The highest BCUT2D eigenvalue weighted by atomic mass is 79.9. The molecule has 0 bridgehead atoms. The largest absolute Gasteiger partial charge is 0.493 e. The molecule has 2 aliphatic heterocycles. The van der Waals surface area contributed by atoms with E-state index >= 15 is 0 Å². The van der Waals surface area contributed by atoms with E-state index in [0.29, 0.717) is 35.4 Å². The highest BCUT2D eigenvalue weighted by molar-refractivity contribution is 9.10. The number of hydrogen-bond donors (Lipinski definition) is 0. The minimum atomic E-state index is 0.131. The summed E-state index contributed by atoms with van der Waals surface area (Å²) >= 11 is 3.54. The molecule has 0 radical (unpaired) electrons. The van der Waals surface area contributed by atoms with Gasteiger partial charge in [-0.1, -0.05) is 42.5 Å². The molecule has 7 nitrogen and oxygen atoms in total. The minimum Gasteiger partial charge on any atom is -0.493 e. The monoisotopic (exact) mass is 649 g/mol. The predicted molar refractivity (Wildman–Crippen MR) is 175 cm³/mol. The fourth-order valence-corrected chi connectivity index (χ4v) is 7.23. The van der Waals surface area contributed by atoms with Crippen molar-refractivity contribution in [3.8, 4) is 17.2 Å². The van der Waals surface area contributed by atoms with Gasteiger partial charge in [0.25, 0.3) is 5.91 Å². The van der Waals surface area contributed by atoms with Gasteiger partial charge in [0.15, 0.2) is 11.5 Å². The number of methoxy groups -OCH3 is 3. The van der Waals surface area contributed by atoms with Crippen LogP contribution < -0.4 is 14.2 Å². The summed E-state index contributed by atoms with van der Waals surface area (Å²) in [5, 5.41) is 0. The molecule has 230 valence electrons. The Kier molecular flexibility index (Phi) is 10.3. The number of carbonyl (C=O) groups excluding carboxylic acids is 1. The summed E-state index contributed by atoms with van der Waals surface area (Å²) < 4.78 is 17.6. The third-order valence-corrected chi connectivity index (χ3v) is 9.91. The summed E-state index contributed by atoms with van der Waals surface area (Å²) in [6.07, 6.45) is 2.82. The average Bonchev–Trinajstić information content (AvgIpc) is 3.04. The van der Waals surface area contributed by atoms with Crippen LogP contribution in [-0.4, -0.2) is 86.7 Å². The summed E-state index contributed by atoms with van der Waals surface area (Å²) in [6.45, 7) is 9.48. The van der Waals surface area contributed by atoms with Crippen LogP contribution in [0.2, 0.25) is 0 Å². The van der Waals surface area contributed by atoms with Gasteiger partial charge in [0.1, 0.15) is 0 Å². The van der Waals surface area contributed by atoms with Crippen LogP contribution >= 0.6 is 15.9 Å². The highest BCUT2D eigenvalue weighted by Gasteiger charge is 2.34. The van der Waals surface area contributed by atoms with Gasteiger partial charge in [0, 0.05) is 67.3 Å². The number of amides is 1. The van der Waals surface area contributed by atoms with Crippen molar-refractivity contribution < 1.29 is 19.0 Å². The van der Waals surface area contributed by atoms with E-state index in [2.05, 4.69) is 63.8 Å². The van der Waals surface area contributed by atoms with Gasteiger partial charge in [0.2, 0.25) is 5.75 Å². The quantitative estimate of drug-likeness (QED) is 0.266. The number of ether oxygens (including phenoxy) is 3. The van der Waals surface area contributed by atoms with Crippen molar-refractivity contribution in [2.45, 2.75) is 51.2 Å². The molecule has 0 spiro atoms. The molecule has 0 unspecified atom stereocenters. The number of piperazine rings is 1. The minimum absolute atomic E-state index is 0.131. The second-order valence-electron chi connectivity index (χ2n) is 11.7. The van der Waals surface area contributed by atoms with Crippen molar-refractivity contribution in [3.05, 3.63) is 87.4 Å². The van der Waals surface area contributed by atoms with Gasteiger partial charge < -0.3 is 19.1 Å². The fourth-order valence-electron chi connectivity index (χ4n) is 6.77. The Bertz CT molecular complexity index is 1390. The molecule has 3 aromatic rings. The third-order valence-electron chi connectivity index (χ3n) is 9.22. The summed E-state index contributed by atoms with van der Waals surface area (Å²) in [5.74, 6) is 2.14. The Morgan fingerprint density at radius 1 is 0.884 bits per heavy atom. The van der Waals surface area contributed by atoms with E-state index < -0.39 is 0 Å². The van der Waals surface area contributed by atoms with Crippen LogP contribution in [0.5, 0.6) is 17.2 Å². The Labute approximate surface area is 264 Å². The maximum Gasteiger partial charge on any atom is 0.254 e. The number of benzene rings is 3. The summed E-state index contributed by atoms with van der Waals surface area (Å²) in [7, 11) is 4.94. The predicted octanol–water partition coefficient (Wildman–Crippen LogP) is 6.44. The second-order valence-corrected chi connectivity index (χ2v) is 12.5. The molecule has 2 aliphatic rings. The molecule has 0 aliphatic carbocycles. The molecule has 0 N–H and O–H groups in total. The van der Waals surface area contributed by atoms with E-state index in [9.17, 15) is 4.79 Å². The van der Waals surface area contributed by atoms with Crippen LogP contribution in [0.4, 0.5) is 0 Å². The van der Waals surface area contributed by atoms with Crippen molar-refractivity contribution in [2.75, 3.05) is 54.1 Å². The first-order valence-electron chi connectivity index (χ1n) is 15.2. The fraction of sp³-hybridized carbons (Fsp3) is 0.457. The molecular weight excluding hydrogens is 606 g/mol. The Morgan fingerprint density at radius 2 is 1.58 bits per heavy atom. The van der Waals surface area contributed by atoms with Crippen molar-refractivity contribution in [3.63, 3.8) is 0 Å². The van der Waals surface area contributed by atoms with E-state index in [4.69, 9.17) is 14.2 Å². The molecule has 0 aromatic heterocycles. The molecule has 1 amide bonds. The number of hydrogen-bond acceptors (Lipinski definition) is 6. The van der Waals surface area contributed by atoms with Gasteiger partial charge in [-0.05, 0) is 71.9 Å². The van der Waals surface area contributed by atoms with Crippen LogP contribution in [0, 0.1) is 0 Å². The van der Waals surface area contributed by atoms with E-state index in [-0.39, 0.29) is 5.91 Å². The molecule has 8 heteroatoms. The molecule has 3 aromatic carbocycles. The standard InChI is InChI=1S/C35H44BrN3O4/c1-24-23-38(29-16-18-37(19-17-29)35(40)30-8-6-7-9-31(30)36)20-21-39(24)25(2)27-12-10-26(11-13-27)22-28-14-15-32(41-3)34(43-5)33(28)42-4/h6-15,24-25,29H,16-23H2,1-5H3/t24-,25+/m1/s1. The first-order chi connectivity index (χ1) is 20.8. The second kappa shape index (κ2) is 14.1. The van der Waals surface area contributed by atoms with Gasteiger partial charge in [-0.3, -0.25) is 14.6 Å². The van der Waals surface area contributed by atoms with Gasteiger partial charge >= 0.3 is 0 Å². The molecule has 2 heterocycles. The lowest BCUT2D eigenvalue weighted by molar-refractivity contribution is 0.0135. The number of carbonyl (C=O) groups is 1. The van der Waals surface area contributed by atoms with Gasteiger partial charge in [0.05, 0.1) is 26.9 Å². The first kappa shape index (κ1) is 31.4. The normalized spacial score (nSPS) is 19.2. The van der Waals surface area contributed by atoms with Gasteiger partial charge in [-0.25, -0.2) is 0 Å². The van der Waals surface area contributed by atoms with E-state index in [1.807, 2.05) is 41.3 Å². The SMILES string of the molecule is COc1ccc(Cc2ccc([C@H](C)N3CCN(C4CCN(C(=O)c5ccccc5Br)CC4)C[C@H]3C)cc2)c(OC)c1OC. The summed E-state index contributed by atoms with van der Waals surface area (Å²) in [5.41, 5.74) is 4.38. The maximum atomic E-state index is 13.1. The van der Waals surface area contributed by atoms with E-state index in [1.165, 1.54) is 11.1 Å². The van der Waals surface area contributed by atoms with Gasteiger partial charge in [-0.2, -0.15) is 0 Å². The van der Waals surface area contributed by atoms with Crippen LogP contribution in [0.1, 0.15) is 59.8 Å². The topological polar surface area (TPSA) is 54.5 Å². The average molecular weight is 651 g/mol. The molecule has 0 saturated carbocycles. The Hall–Kier alpha value is -3.07. The number of piperidine rings is 1. The third kappa shape index (κ3) is 6.87. The summed E-state index contributed by atoms with van der Waals surface area (Å²) in [6, 6.07) is 22.0. The zero-order chi connectivity index (χ0) is 30.5. The lowest BCUT2D eigenvalue weighted by Crippen LogP contribution is -2.57.